The molecule has 3 heterocycles. The highest BCUT2D eigenvalue weighted by Gasteiger charge is 2.51. The van der Waals surface area contributed by atoms with Gasteiger partial charge in [0.25, 0.3) is 10.1 Å². The molecule has 0 aromatic heterocycles. The Bertz CT molecular complexity index is 3040. The Labute approximate surface area is 620 Å². The van der Waals surface area contributed by atoms with E-state index in [9.17, 15) is 42.0 Å². The third-order valence-corrected chi connectivity index (χ3v) is 19.4. The Morgan fingerprint density at radius 2 is 0.949 bits per heavy atom. The van der Waals surface area contributed by atoms with Crippen LogP contribution in [0.5, 0.6) is 0 Å². The Morgan fingerprint density at radius 1 is 0.586 bits per heavy atom. The SMILES string of the molecule is CCOC(=O)[C@@H]1CC2(CC[C@@H]1N)OCCO2.CCOC(=O)[C@@H]1CC2(CC[C@@H]1NC(=O)[C@H](CCSC)NC(=O)OCc1ccccc1)OCCO2.CCOC(=O)[C@@H]1CC2(CC[C@@H]1NC(=O)[C@H](CC[S+](C)C)NC(=O)OCc1ccccc1)OCCO2.CI.Cc1ccc(S(=O)(=O)O)cc1.[I-]. The molecule has 7 N–H and O–H groups in total. The quantitative estimate of drug-likeness (QED) is 0.0190. The van der Waals surface area contributed by atoms with Crippen LogP contribution in [0.4, 0.5) is 9.59 Å². The van der Waals surface area contributed by atoms with Crippen molar-refractivity contribution in [2.24, 2.45) is 23.5 Å². The van der Waals surface area contributed by atoms with Crippen LogP contribution in [0.2, 0.25) is 0 Å². The molecule has 8 atom stereocenters. The first kappa shape index (κ1) is 86.7. The van der Waals surface area contributed by atoms with E-state index >= 15 is 0 Å². The number of ether oxygens (including phenoxy) is 11. The maximum atomic E-state index is 13.3. The van der Waals surface area contributed by atoms with Gasteiger partial charge in [0.2, 0.25) is 11.8 Å². The normalized spacial score (nSPS) is 22.0. The highest BCUT2D eigenvalue weighted by atomic mass is 127. The smallest absolute Gasteiger partial charge is 0.408 e. The van der Waals surface area contributed by atoms with Gasteiger partial charge in [0.05, 0.1) is 94.6 Å². The van der Waals surface area contributed by atoms with Gasteiger partial charge in [-0.3, -0.25) is 28.5 Å². The lowest BCUT2D eigenvalue weighted by atomic mass is 9.80. The van der Waals surface area contributed by atoms with Crippen LogP contribution in [0, 0.1) is 24.7 Å². The predicted octanol–water partition coefficient (Wildman–Crippen LogP) is 4.48. The molecule has 4 amide bonds. The summed E-state index contributed by atoms with van der Waals surface area (Å²) >= 11 is 3.73. The number of alkyl halides is 1. The molecule has 9 rings (SSSR count). The van der Waals surface area contributed by atoms with Crippen molar-refractivity contribution in [2.75, 3.05) is 94.7 Å². The maximum Gasteiger partial charge on any atom is 0.408 e. The molecular formula is C68H101I2N5O21S3. The maximum absolute atomic E-state index is 13.3. The molecule has 3 aliphatic heterocycles. The zero-order valence-corrected chi connectivity index (χ0v) is 64.6. The molecule has 0 unspecified atom stereocenters. The second kappa shape index (κ2) is 44.8. The average molecular weight is 1670 g/mol. The number of carbonyl (C=O) groups is 7. The van der Waals surface area contributed by atoms with Crippen LogP contribution < -0.4 is 51.0 Å². The number of esters is 3. The molecule has 26 nitrogen and oxygen atoms in total. The molecule has 31 heteroatoms. The van der Waals surface area contributed by atoms with Gasteiger partial charge in [0.1, 0.15) is 31.1 Å². The third-order valence-electron chi connectivity index (χ3n) is 16.9. The molecule has 3 aromatic carbocycles. The van der Waals surface area contributed by atoms with Gasteiger partial charge in [-0.05, 0) is 104 Å². The Balaban J connectivity index is 0.000000300. The molecule has 99 heavy (non-hydrogen) atoms. The first-order valence-corrected chi connectivity index (χ1v) is 40.2. The molecule has 0 radical (unpaired) electrons. The second-order valence-electron chi connectivity index (χ2n) is 24.1. The molecule has 3 saturated carbocycles. The number of hydrogen-bond acceptors (Lipinski definition) is 22. The molecule has 6 aliphatic rings. The summed E-state index contributed by atoms with van der Waals surface area (Å²) in [5.74, 6) is -3.90. The van der Waals surface area contributed by atoms with Crippen LogP contribution in [-0.4, -0.2) is 197 Å². The molecule has 3 aromatic rings. The van der Waals surface area contributed by atoms with E-state index in [0.29, 0.717) is 110 Å². The fourth-order valence-electron chi connectivity index (χ4n) is 11.8. The fourth-order valence-corrected chi connectivity index (χ4v) is 13.5. The van der Waals surface area contributed by atoms with Crippen LogP contribution >= 0.6 is 34.4 Å². The minimum absolute atomic E-state index is 0. The standard InChI is InChI=1S/C25H36N2O7S.C24H34N2O7S.C11H19NO4.C7H8O3S.CH3I.HI/c1-4-31-23(29)19-16-25(33-13-14-34-25)12-10-20(19)26-22(28)21(11-15-35(2)3)27-24(30)32-17-18-8-6-5-7-9-18;1-3-30-22(28)18-15-24(32-12-13-33-24)11-9-19(18)25-21(27)20(10-14-34-2)26-23(29)31-16-17-7-5-4-6-8-17;1-2-14-10(13)8-7-11(4-3-9(8)12)15-5-6-16-11;1-6-2-4-7(5-3-6)11(8,9)10;1-2;/h5-9,19-21H,4,10-17H2,1-3H3,(H-,26,27,28,30);4-8,18-20H,3,9-16H2,1-2H3,(H,25,27)(H,26,29);8-9H,2-7,12H2,1H3;2-5H,1H3,(H,8,9,10);1H3;1H/t19-,20+,21+;18-,19+,20+;8-,9+;;;/m111.../s1. The number of halogens is 2. The molecule has 3 spiro atoms. The largest absolute Gasteiger partial charge is 1.00 e. The van der Waals surface area contributed by atoms with Crippen molar-refractivity contribution < 1.29 is 123 Å². The number of alkyl carbamates (subject to hydrolysis) is 2. The van der Waals surface area contributed by atoms with E-state index in [4.69, 9.17) is 62.4 Å². The van der Waals surface area contributed by atoms with Crippen molar-refractivity contribution in [1.82, 2.24) is 21.3 Å². The first-order chi connectivity index (χ1) is 46.9. The summed E-state index contributed by atoms with van der Waals surface area (Å²) in [5.41, 5.74) is 8.62. The zero-order chi connectivity index (χ0) is 71.7. The number of hydrogen-bond donors (Lipinski definition) is 6. The van der Waals surface area contributed by atoms with Gasteiger partial charge in [-0.25, -0.2) is 9.59 Å². The van der Waals surface area contributed by atoms with E-state index < -0.39 is 75.7 Å². The van der Waals surface area contributed by atoms with Crippen molar-refractivity contribution in [2.45, 2.75) is 164 Å². The van der Waals surface area contributed by atoms with Crippen molar-refractivity contribution in [3.63, 3.8) is 0 Å². The third kappa shape index (κ3) is 29.2. The van der Waals surface area contributed by atoms with E-state index in [1.54, 1.807) is 44.7 Å². The van der Waals surface area contributed by atoms with Crippen LogP contribution in [0.1, 0.15) is 108 Å². The number of nitrogens with two attached hydrogens (primary N) is 1. The summed E-state index contributed by atoms with van der Waals surface area (Å²) in [6, 6.07) is 22.1. The topological polar surface area (TPSA) is 350 Å². The van der Waals surface area contributed by atoms with Crippen molar-refractivity contribution in [3.8, 4) is 0 Å². The van der Waals surface area contributed by atoms with Gasteiger partial charge in [0.15, 0.2) is 17.4 Å². The molecular weight excluding hydrogens is 1570 g/mol. The average Bonchev–Trinajstić information content (AvgIpc) is 1.78. The van der Waals surface area contributed by atoms with Crippen molar-refractivity contribution in [3.05, 3.63) is 102 Å². The molecule has 3 saturated heterocycles. The van der Waals surface area contributed by atoms with Gasteiger partial charge in [-0.2, -0.15) is 20.2 Å². The monoisotopic (exact) mass is 1670 g/mol. The number of nitrogens with one attached hydrogen (secondary N) is 4. The van der Waals surface area contributed by atoms with Gasteiger partial charge in [-0.1, -0.05) is 101 Å². The lowest BCUT2D eigenvalue weighted by Crippen LogP contribution is -3.00. The second-order valence-corrected chi connectivity index (χ2v) is 28.9. The minimum atomic E-state index is -4.02. The Morgan fingerprint density at radius 3 is 1.31 bits per heavy atom. The van der Waals surface area contributed by atoms with E-state index in [0.717, 1.165) is 35.3 Å². The number of carbonyl (C=O) groups excluding carboxylic acids is 7. The van der Waals surface area contributed by atoms with Crippen molar-refractivity contribution >= 4 is 97.3 Å². The van der Waals surface area contributed by atoms with Crippen molar-refractivity contribution in [1.29, 1.82) is 0 Å². The van der Waals surface area contributed by atoms with Crippen LogP contribution in [-0.2, 0) is 110 Å². The number of amides is 4. The Hall–Kier alpha value is -4.66. The lowest BCUT2D eigenvalue weighted by molar-refractivity contribution is -0.199. The van der Waals surface area contributed by atoms with E-state index in [-0.39, 0.29) is 108 Å². The highest BCUT2D eigenvalue weighted by molar-refractivity contribution is 14.1. The van der Waals surface area contributed by atoms with E-state index in [2.05, 4.69) is 56.4 Å². The summed E-state index contributed by atoms with van der Waals surface area (Å²) in [7, 11) is -3.93. The summed E-state index contributed by atoms with van der Waals surface area (Å²) in [6.07, 6.45) is 10.5. The number of aryl methyl sites for hydroxylation is 1. The predicted molar refractivity (Wildman–Crippen MR) is 377 cm³/mol. The summed E-state index contributed by atoms with van der Waals surface area (Å²) in [6.45, 7) is 11.4. The van der Waals surface area contributed by atoms with E-state index in [1.807, 2.05) is 78.8 Å². The van der Waals surface area contributed by atoms with Crippen LogP contribution in [0.15, 0.2) is 89.8 Å². The first-order valence-electron chi connectivity index (χ1n) is 33.0. The van der Waals surface area contributed by atoms with E-state index in [1.165, 1.54) is 12.1 Å². The number of rotatable bonds is 23. The minimum Gasteiger partial charge on any atom is -1.00 e. The Kier molecular flexibility index (Phi) is 39.2. The van der Waals surface area contributed by atoms with Crippen LogP contribution in [0.3, 0.4) is 0 Å². The highest BCUT2D eigenvalue weighted by Crippen LogP contribution is 2.42. The molecule has 6 fully saturated rings. The molecule has 3 aliphatic carbocycles. The zero-order valence-electron chi connectivity index (χ0n) is 57.8. The van der Waals surface area contributed by atoms with Gasteiger partial charge < -0.3 is 103 Å². The summed E-state index contributed by atoms with van der Waals surface area (Å²) in [4.78, 5) is 90.4. The van der Waals surface area contributed by atoms with Crippen LogP contribution in [0.25, 0.3) is 0 Å². The lowest BCUT2D eigenvalue weighted by Gasteiger charge is -2.40. The summed E-state index contributed by atoms with van der Waals surface area (Å²) < 4.78 is 90.1. The van der Waals surface area contributed by atoms with Gasteiger partial charge in [0, 0.05) is 63.1 Å². The van der Waals surface area contributed by atoms with Gasteiger partial charge >= 0.3 is 30.1 Å². The molecule has 0 bridgehead atoms. The summed E-state index contributed by atoms with van der Waals surface area (Å²) in [5, 5.41) is 11.4. The fraction of sp³-hybridized carbons (Fsp3) is 0.632. The number of benzene rings is 3. The number of thioether (sulfide) groups is 1. The van der Waals surface area contributed by atoms with Gasteiger partial charge in [-0.15, -0.1) is 0 Å². The molecule has 556 valence electrons.